The fourth-order valence-electron chi connectivity index (χ4n) is 3.82. The molecule has 0 amide bonds. The Bertz CT molecular complexity index is 1220. The molecular formula is C22H21ClN2O5S. The van der Waals surface area contributed by atoms with E-state index in [9.17, 15) is 8.42 Å². The van der Waals surface area contributed by atoms with Crippen molar-refractivity contribution in [2.75, 3.05) is 31.2 Å². The summed E-state index contributed by atoms with van der Waals surface area (Å²) >= 11 is 6.12. The molecule has 0 aliphatic carbocycles. The number of piperidine rings is 1. The smallest absolute Gasteiger partial charge is 0.236 e. The number of halogens is 1. The molecule has 1 fully saturated rings. The lowest BCUT2D eigenvalue weighted by Gasteiger charge is -2.26. The van der Waals surface area contributed by atoms with Crippen LogP contribution in [0.2, 0.25) is 5.02 Å². The topological polar surface area (TPSA) is 81.9 Å². The van der Waals surface area contributed by atoms with Crippen LogP contribution in [0, 0.1) is 0 Å². The van der Waals surface area contributed by atoms with E-state index in [2.05, 4.69) is 4.98 Å². The van der Waals surface area contributed by atoms with Crippen LogP contribution in [0.25, 0.3) is 11.5 Å². The SMILES string of the molecule is O=S(=O)(c1ccc2c(c1)OCCO2)c1nc(-c2cccc(Cl)c2)oc1N1CCCCC1. The molecule has 0 spiro atoms. The third-order valence-corrected chi connectivity index (χ3v) is 7.26. The van der Waals surface area contributed by atoms with Crippen molar-refractivity contribution < 1.29 is 22.3 Å². The zero-order valence-corrected chi connectivity index (χ0v) is 18.3. The number of anilines is 1. The second-order valence-corrected chi connectivity index (χ2v) is 9.80. The highest BCUT2D eigenvalue weighted by Crippen LogP contribution is 2.39. The van der Waals surface area contributed by atoms with Crippen LogP contribution < -0.4 is 14.4 Å². The average Bonchev–Trinajstić information content (AvgIpc) is 3.26. The Labute approximate surface area is 185 Å². The summed E-state index contributed by atoms with van der Waals surface area (Å²) in [5.41, 5.74) is 0.620. The van der Waals surface area contributed by atoms with Crippen LogP contribution in [0.5, 0.6) is 11.5 Å². The Hall–Kier alpha value is -2.71. The summed E-state index contributed by atoms with van der Waals surface area (Å²) in [4.78, 5) is 6.47. The number of sulfone groups is 1. The molecule has 0 atom stereocenters. The summed E-state index contributed by atoms with van der Waals surface area (Å²) in [5, 5.41) is 0.424. The summed E-state index contributed by atoms with van der Waals surface area (Å²) in [5.74, 6) is 1.43. The summed E-state index contributed by atoms with van der Waals surface area (Å²) in [6, 6.07) is 11.6. The molecule has 3 heterocycles. The molecule has 1 saturated heterocycles. The molecule has 0 saturated carbocycles. The minimum atomic E-state index is -3.96. The van der Waals surface area contributed by atoms with Gasteiger partial charge in [0.25, 0.3) is 0 Å². The Morgan fingerprint density at radius 3 is 2.48 bits per heavy atom. The normalized spacial score (nSPS) is 16.4. The number of benzene rings is 2. The van der Waals surface area contributed by atoms with Gasteiger partial charge in [0.15, 0.2) is 11.5 Å². The quantitative estimate of drug-likeness (QED) is 0.563. The predicted molar refractivity (Wildman–Crippen MR) is 116 cm³/mol. The first-order chi connectivity index (χ1) is 15.0. The molecule has 2 aliphatic heterocycles. The molecule has 7 nitrogen and oxygen atoms in total. The minimum absolute atomic E-state index is 0.0842. The highest BCUT2D eigenvalue weighted by molar-refractivity contribution is 7.91. The van der Waals surface area contributed by atoms with Crippen LogP contribution in [0.1, 0.15) is 19.3 Å². The van der Waals surface area contributed by atoms with Gasteiger partial charge < -0.3 is 18.8 Å². The van der Waals surface area contributed by atoms with E-state index >= 15 is 0 Å². The molecule has 3 aromatic rings. The maximum absolute atomic E-state index is 13.6. The zero-order valence-electron chi connectivity index (χ0n) is 16.7. The van der Waals surface area contributed by atoms with Gasteiger partial charge in [-0.3, -0.25) is 0 Å². The van der Waals surface area contributed by atoms with Crippen molar-refractivity contribution in [1.82, 2.24) is 4.98 Å². The van der Waals surface area contributed by atoms with Crippen molar-refractivity contribution in [3.8, 4) is 23.0 Å². The third-order valence-electron chi connectivity index (χ3n) is 5.37. The van der Waals surface area contributed by atoms with Gasteiger partial charge in [0, 0.05) is 29.7 Å². The van der Waals surface area contributed by atoms with Gasteiger partial charge in [0.2, 0.25) is 26.6 Å². The maximum atomic E-state index is 13.6. The Morgan fingerprint density at radius 2 is 1.71 bits per heavy atom. The van der Waals surface area contributed by atoms with Crippen LogP contribution in [-0.2, 0) is 9.84 Å². The Kier molecular flexibility index (Phi) is 5.27. The molecule has 0 radical (unpaired) electrons. The molecule has 162 valence electrons. The first-order valence-corrected chi connectivity index (χ1v) is 12.0. The van der Waals surface area contributed by atoms with E-state index < -0.39 is 9.84 Å². The van der Waals surface area contributed by atoms with Crippen LogP contribution in [0.4, 0.5) is 5.88 Å². The number of hydrogen-bond donors (Lipinski definition) is 0. The highest BCUT2D eigenvalue weighted by Gasteiger charge is 2.33. The monoisotopic (exact) mass is 460 g/mol. The second-order valence-electron chi connectivity index (χ2n) is 7.50. The molecule has 2 aliphatic rings. The van der Waals surface area contributed by atoms with Crippen molar-refractivity contribution in [3.63, 3.8) is 0 Å². The van der Waals surface area contributed by atoms with Crippen LogP contribution in [-0.4, -0.2) is 39.7 Å². The van der Waals surface area contributed by atoms with Crippen molar-refractivity contribution in [2.24, 2.45) is 0 Å². The molecule has 0 bridgehead atoms. The summed E-state index contributed by atoms with van der Waals surface area (Å²) < 4.78 is 44.4. The van der Waals surface area contributed by atoms with Gasteiger partial charge in [-0.25, -0.2) is 8.42 Å². The van der Waals surface area contributed by atoms with Gasteiger partial charge in [-0.2, -0.15) is 4.98 Å². The van der Waals surface area contributed by atoms with E-state index in [-0.39, 0.29) is 21.7 Å². The van der Waals surface area contributed by atoms with E-state index in [1.54, 1.807) is 30.3 Å². The van der Waals surface area contributed by atoms with Gasteiger partial charge in [-0.15, -0.1) is 0 Å². The lowest BCUT2D eigenvalue weighted by molar-refractivity contribution is 0.171. The van der Waals surface area contributed by atoms with E-state index in [0.717, 1.165) is 19.3 Å². The first-order valence-electron chi connectivity index (χ1n) is 10.2. The molecule has 1 aromatic heterocycles. The zero-order chi connectivity index (χ0) is 21.4. The van der Waals surface area contributed by atoms with E-state index in [1.807, 2.05) is 4.90 Å². The predicted octanol–water partition coefficient (Wildman–Crippen LogP) is 4.59. The fraction of sp³-hybridized carbons (Fsp3) is 0.318. The largest absolute Gasteiger partial charge is 0.486 e. The third kappa shape index (κ3) is 3.85. The van der Waals surface area contributed by atoms with Gasteiger partial charge in [0.1, 0.15) is 13.2 Å². The Morgan fingerprint density at radius 1 is 0.935 bits per heavy atom. The lowest BCUT2D eigenvalue weighted by atomic mass is 10.1. The molecule has 5 rings (SSSR count). The average molecular weight is 461 g/mol. The molecule has 9 heteroatoms. The lowest BCUT2D eigenvalue weighted by Crippen LogP contribution is -2.30. The summed E-state index contributed by atoms with van der Waals surface area (Å²) in [6.45, 7) is 2.24. The second kappa shape index (κ2) is 8.09. The van der Waals surface area contributed by atoms with Crippen molar-refractivity contribution >= 4 is 27.3 Å². The van der Waals surface area contributed by atoms with Crippen LogP contribution in [0.3, 0.4) is 0 Å². The van der Waals surface area contributed by atoms with Crippen molar-refractivity contribution in [3.05, 3.63) is 47.5 Å². The van der Waals surface area contributed by atoms with E-state index in [4.69, 9.17) is 25.5 Å². The van der Waals surface area contributed by atoms with Gasteiger partial charge in [-0.1, -0.05) is 17.7 Å². The number of nitrogens with zero attached hydrogens (tertiary/aromatic N) is 2. The number of oxazole rings is 1. The van der Waals surface area contributed by atoms with E-state index in [1.165, 1.54) is 12.1 Å². The molecule has 0 unspecified atom stereocenters. The molecule has 31 heavy (non-hydrogen) atoms. The van der Waals surface area contributed by atoms with Crippen molar-refractivity contribution in [2.45, 2.75) is 29.2 Å². The highest BCUT2D eigenvalue weighted by atomic mass is 35.5. The number of rotatable bonds is 4. The standard InChI is InChI=1S/C22H21ClN2O5S/c23-16-6-4-5-15(13-16)20-24-21(22(30-20)25-9-2-1-3-10-25)31(26,27)17-7-8-18-19(14-17)29-12-11-28-18/h4-8,13-14H,1-3,9-12H2. The number of ether oxygens (including phenoxy) is 2. The van der Waals surface area contributed by atoms with Gasteiger partial charge >= 0.3 is 0 Å². The van der Waals surface area contributed by atoms with Crippen LogP contribution in [0.15, 0.2) is 56.8 Å². The molecular weight excluding hydrogens is 440 g/mol. The van der Waals surface area contributed by atoms with Crippen LogP contribution >= 0.6 is 11.6 Å². The minimum Gasteiger partial charge on any atom is -0.486 e. The molecule has 2 aromatic carbocycles. The fourth-order valence-corrected chi connectivity index (χ4v) is 5.34. The van der Waals surface area contributed by atoms with Gasteiger partial charge in [0.05, 0.1) is 4.90 Å². The summed E-state index contributed by atoms with van der Waals surface area (Å²) in [7, 11) is -3.96. The Balaban J connectivity index is 1.62. The van der Waals surface area contributed by atoms with Crippen molar-refractivity contribution in [1.29, 1.82) is 0 Å². The first kappa shape index (κ1) is 20.2. The summed E-state index contributed by atoms with van der Waals surface area (Å²) in [6.07, 6.45) is 3.05. The molecule has 0 N–H and O–H groups in total. The number of fused-ring (bicyclic) bond motifs is 1. The maximum Gasteiger partial charge on any atom is 0.236 e. The van der Waals surface area contributed by atoms with E-state index in [0.29, 0.717) is 48.4 Å². The number of hydrogen-bond acceptors (Lipinski definition) is 7. The van der Waals surface area contributed by atoms with Gasteiger partial charge in [-0.05, 0) is 49.6 Å². The number of aromatic nitrogens is 1.